The van der Waals surface area contributed by atoms with E-state index in [9.17, 15) is 39.9 Å². The van der Waals surface area contributed by atoms with Crippen LogP contribution in [0.15, 0.2) is 194 Å². The van der Waals surface area contributed by atoms with Gasteiger partial charge in [0.1, 0.15) is 105 Å². The fourth-order valence-electron chi connectivity index (χ4n) is 12.9. The van der Waals surface area contributed by atoms with E-state index in [0.717, 1.165) is 22.3 Å². The molecule has 101 heavy (non-hydrogen) atoms. The molecular formula is C81H60N4O16. The van der Waals surface area contributed by atoms with Crippen molar-refractivity contribution < 1.29 is 76.8 Å². The maximum atomic E-state index is 12.3. The van der Waals surface area contributed by atoms with E-state index < -0.39 is 53.0 Å². The van der Waals surface area contributed by atoms with Gasteiger partial charge in [-0.05, 0) is 216 Å². The number of fused-ring (bicyclic) bond motifs is 4. The standard InChI is InChI=1S/C81H60N4O16/c1-79(2)45-81(59-39-73(99-66-16-10-14-64(56(66)42-83)95-52-31-23-48(24-32-52)62(89)44-87)71(37-57(59)79)98-65-15-9-13-63(55(65)41-82)94-51-29-21-47(22-30-51)61(88)43-86)46-80(3,4)58-38-72(100-69-19-11-17-67(75(69)84-5)96-53-33-25-49(26-34-53)77(90)92-7)74(40-60(58)81)101-70-20-12-18-68(76(70)85-6)97-54-35-27-50(28-36-54)78(91)93-8/h9-40,86-87H,43-46H2,1-4,7-8H3. The molecule has 2 aliphatic rings. The minimum atomic E-state index is -0.886. The summed E-state index contributed by atoms with van der Waals surface area (Å²) >= 11 is 0. The van der Waals surface area contributed by atoms with Gasteiger partial charge in [0.25, 0.3) is 11.4 Å². The lowest BCUT2D eigenvalue weighted by Crippen LogP contribution is -2.27. The molecule has 10 aromatic rings. The van der Waals surface area contributed by atoms with Gasteiger partial charge in [-0.2, -0.15) is 10.5 Å². The second-order valence-electron chi connectivity index (χ2n) is 24.9. The van der Waals surface area contributed by atoms with E-state index in [0.29, 0.717) is 41.2 Å². The highest BCUT2D eigenvalue weighted by Crippen LogP contribution is 2.66. The number of aliphatic hydroxyl groups excluding tert-OH is 2. The molecule has 0 bridgehead atoms. The Morgan fingerprint density at radius 2 is 0.644 bits per heavy atom. The maximum Gasteiger partial charge on any atom is 0.337 e. The first-order valence-electron chi connectivity index (χ1n) is 31.5. The highest BCUT2D eigenvalue weighted by molar-refractivity contribution is 5.97. The van der Waals surface area contributed by atoms with Crippen LogP contribution in [-0.2, 0) is 25.7 Å². The molecule has 2 aliphatic carbocycles. The number of methoxy groups -OCH3 is 2. The van der Waals surface area contributed by atoms with Gasteiger partial charge in [0, 0.05) is 16.5 Å². The SMILES string of the molecule is [C-]#[N+]c1c(Oc2ccc(C(=O)OC)cc2)cccc1Oc1cc2c(cc1Oc1cccc(Oc3ccc(C(=O)OC)cc3)c1[N+]#[C-])C1(CC(C)(C)c3cc(Oc4cccc(Oc5ccc(C(=O)CO)cc5)c4C#N)c(Oc4cccc(Oc5ccc(C(=O)CO)cc5)c4C#N)cc31)CC2(C)C. The van der Waals surface area contributed by atoms with Crippen molar-refractivity contribution in [2.75, 3.05) is 27.4 Å². The Labute approximate surface area is 580 Å². The number of Topliss-reactive ketones (excluding diaryl/α,β-unsaturated/α-hetero) is 2. The zero-order valence-electron chi connectivity index (χ0n) is 55.2. The van der Waals surface area contributed by atoms with Crippen molar-refractivity contribution in [3.8, 4) is 104 Å². The van der Waals surface area contributed by atoms with Crippen molar-refractivity contribution in [2.24, 2.45) is 0 Å². The average Bonchev–Trinajstić information content (AvgIpc) is 1.52. The summed E-state index contributed by atoms with van der Waals surface area (Å²) in [5, 5.41) is 40.8. The summed E-state index contributed by atoms with van der Waals surface area (Å²) < 4.78 is 62.6. The quantitative estimate of drug-likeness (QED) is 0.0363. The molecule has 0 amide bonds. The van der Waals surface area contributed by atoms with Gasteiger partial charge in [0.2, 0.25) is 0 Å². The van der Waals surface area contributed by atoms with Gasteiger partial charge in [-0.1, -0.05) is 52.0 Å². The lowest BCUT2D eigenvalue weighted by molar-refractivity contribution is 0.0592. The summed E-state index contributed by atoms with van der Waals surface area (Å²) in [6.45, 7) is 24.2. The first-order valence-corrected chi connectivity index (χ1v) is 31.5. The number of nitriles is 2. The number of hydrogen-bond donors (Lipinski definition) is 2. The molecular weight excluding hydrogens is 1280 g/mol. The van der Waals surface area contributed by atoms with Gasteiger partial charge in [0.15, 0.2) is 34.6 Å². The van der Waals surface area contributed by atoms with E-state index in [1.165, 1.54) is 62.8 Å². The molecule has 0 fully saturated rings. The molecule has 2 N–H and O–H groups in total. The van der Waals surface area contributed by atoms with Gasteiger partial charge < -0.3 is 57.6 Å². The Morgan fingerprint density at radius 3 is 0.931 bits per heavy atom. The van der Waals surface area contributed by atoms with Gasteiger partial charge in [0.05, 0.1) is 38.5 Å². The van der Waals surface area contributed by atoms with Crippen molar-refractivity contribution in [3.05, 3.63) is 273 Å². The van der Waals surface area contributed by atoms with E-state index in [1.807, 2.05) is 24.3 Å². The van der Waals surface area contributed by atoms with Crippen molar-refractivity contribution in [1.29, 1.82) is 10.5 Å². The second kappa shape index (κ2) is 28.1. The van der Waals surface area contributed by atoms with Crippen molar-refractivity contribution in [1.82, 2.24) is 0 Å². The fraction of sp³-hybridized carbons (Fsp3) is 0.160. The van der Waals surface area contributed by atoms with Crippen molar-refractivity contribution in [2.45, 2.75) is 56.8 Å². The zero-order chi connectivity index (χ0) is 71.3. The molecule has 0 saturated carbocycles. The third-order valence-electron chi connectivity index (χ3n) is 17.5. The minimum Gasteiger partial charge on any atom is -0.468 e. The number of nitrogens with zero attached hydrogens (tertiary/aromatic N) is 4. The van der Waals surface area contributed by atoms with E-state index in [-0.39, 0.29) is 108 Å². The third kappa shape index (κ3) is 13.5. The lowest BCUT2D eigenvalue weighted by Gasteiger charge is -2.31. The molecule has 0 saturated heterocycles. The maximum absolute atomic E-state index is 12.3. The number of esters is 2. The summed E-state index contributed by atoms with van der Waals surface area (Å²) in [4.78, 5) is 57.0. The number of aliphatic hydroxyl groups is 2. The topological polar surface area (TPSA) is 257 Å². The number of benzene rings is 10. The number of para-hydroxylation sites is 2. The molecule has 20 nitrogen and oxygen atoms in total. The fourth-order valence-corrected chi connectivity index (χ4v) is 12.9. The zero-order valence-corrected chi connectivity index (χ0v) is 55.2. The van der Waals surface area contributed by atoms with Crippen LogP contribution in [0.3, 0.4) is 0 Å². The first kappa shape index (κ1) is 67.7. The summed E-state index contributed by atoms with van der Waals surface area (Å²) in [6, 6.07) is 56.1. The molecule has 0 heterocycles. The Bertz CT molecular complexity index is 4810. The lowest BCUT2D eigenvalue weighted by atomic mass is 9.72. The number of hydrogen-bond acceptors (Lipinski definition) is 18. The molecule has 1 spiro atoms. The van der Waals surface area contributed by atoms with Gasteiger partial charge in [-0.25, -0.2) is 19.3 Å². The molecule has 0 aromatic heterocycles. The molecule has 0 aliphatic heterocycles. The minimum absolute atomic E-state index is 0.00400. The normalized spacial score (nSPS) is 14.1. The summed E-state index contributed by atoms with van der Waals surface area (Å²) in [7, 11) is 2.56. The monoisotopic (exact) mass is 1340 g/mol. The molecule has 1 unspecified atom stereocenters. The number of carbonyl (C=O) groups is 4. The smallest absolute Gasteiger partial charge is 0.337 e. The van der Waals surface area contributed by atoms with E-state index in [1.54, 1.807) is 121 Å². The third-order valence-corrected chi connectivity index (χ3v) is 17.5. The van der Waals surface area contributed by atoms with Crippen LogP contribution in [0.1, 0.15) is 115 Å². The van der Waals surface area contributed by atoms with Crippen LogP contribution < -0.4 is 37.9 Å². The van der Waals surface area contributed by atoms with Crippen molar-refractivity contribution >= 4 is 34.9 Å². The van der Waals surface area contributed by atoms with Gasteiger partial charge in [-0.3, -0.25) is 9.59 Å². The van der Waals surface area contributed by atoms with Crippen LogP contribution in [0, 0.1) is 35.8 Å². The van der Waals surface area contributed by atoms with Crippen LogP contribution >= 0.6 is 0 Å². The number of rotatable bonds is 22. The van der Waals surface area contributed by atoms with E-state index in [2.05, 4.69) is 49.5 Å². The second-order valence-corrected chi connectivity index (χ2v) is 24.9. The Hall–Kier alpha value is -13.2. The average molecular weight is 1350 g/mol. The molecule has 1 atom stereocenters. The predicted molar refractivity (Wildman–Crippen MR) is 369 cm³/mol. The highest BCUT2D eigenvalue weighted by Gasteiger charge is 2.57. The Balaban J connectivity index is 1.01. The summed E-state index contributed by atoms with van der Waals surface area (Å²) in [5.41, 5.74) is 2.24. The van der Waals surface area contributed by atoms with E-state index >= 15 is 0 Å². The largest absolute Gasteiger partial charge is 0.468 e. The first-order chi connectivity index (χ1) is 48.7. The number of ketones is 2. The van der Waals surface area contributed by atoms with Gasteiger partial charge >= 0.3 is 11.9 Å². The van der Waals surface area contributed by atoms with Crippen LogP contribution in [0.25, 0.3) is 9.69 Å². The van der Waals surface area contributed by atoms with E-state index in [4.69, 9.17) is 60.5 Å². The van der Waals surface area contributed by atoms with Gasteiger partial charge in [-0.15, -0.1) is 0 Å². The molecule has 500 valence electrons. The number of ether oxygens (including phenoxy) is 10. The van der Waals surface area contributed by atoms with Crippen molar-refractivity contribution in [3.63, 3.8) is 0 Å². The Morgan fingerprint density at radius 1 is 0.386 bits per heavy atom. The van der Waals surface area contributed by atoms with Crippen LogP contribution in [0.4, 0.5) is 11.4 Å². The summed E-state index contributed by atoms with van der Waals surface area (Å²) in [5.74, 6) is 0.556. The predicted octanol–water partition coefficient (Wildman–Crippen LogP) is 18.4. The van der Waals surface area contributed by atoms with Crippen LogP contribution in [-0.4, -0.2) is 61.2 Å². The number of carbonyl (C=O) groups excluding carboxylic acids is 4. The molecule has 12 rings (SSSR count). The molecule has 0 radical (unpaired) electrons. The molecule has 10 aromatic carbocycles. The highest BCUT2D eigenvalue weighted by atomic mass is 16.5. The Kier molecular flexibility index (Phi) is 18.8. The van der Waals surface area contributed by atoms with Crippen LogP contribution in [0.5, 0.6) is 92.0 Å². The summed E-state index contributed by atoms with van der Waals surface area (Å²) in [6.07, 6.45) is 0.986. The van der Waals surface area contributed by atoms with Crippen LogP contribution in [0.2, 0.25) is 0 Å². The molecule has 20 heteroatoms.